The second-order valence-corrected chi connectivity index (χ2v) is 6.14. The molecular weight excluding hydrogens is 359 g/mol. The molecule has 3 rings (SSSR count). The average Bonchev–Trinajstić information content (AvgIpc) is 2.61. The number of primary amides is 1. The number of halogens is 2. The highest BCUT2D eigenvalue weighted by molar-refractivity contribution is 6.35. The number of amides is 1. The van der Waals surface area contributed by atoms with Gasteiger partial charge in [-0.15, -0.1) is 0 Å². The summed E-state index contributed by atoms with van der Waals surface area (Å²) in [7, 11) is 0. The molecule has 1 aromatic heterocycles. The van der Waals surface area contributed by atoms with Gasteiger partial charge in [-0.2, -0.15) is 0 Å². The fraction of sp³-hybridized carbons (Fsp3) is 0.0556. The first-order chi connectivity index (χ1) is 12.0. The summed E-state index contributed by atoms with van der Waals surface area (Å²) in [5.74, 6) is 0.0129. The molecule has 3 N–H and O–H groups in total. The van der Waals surface area contributed by atoms with Crippen LogP contribution in [0, 0.1) is 0 Å². The SMILES string of the molecule is NC(=O)c1ccc(-c2ccnc(NCc3ccc(Cl)cc3Cl)n2)cc1. The van der Waals surface area contributed by atoms with Crippen LogP contribution in [0.5, 0.6) is 0 Å². The molecule has 0 aliphatic rings. The van der Waals surface area contributed by atoms with E-state index in [-0.39, 0.29) is 0 Å². The summed E-state index contributed by atoms with van der Waals surface area (Å²) in [6, 6.07) is 14.0. The number of nitrogens with two attached hydrogens (primary N) is 1. The minimum Gasteiger partial charge on any atom is -0.366 e. The molecular formula is C18H14Cl2N4O. The molecule has 0 saturated carbocycles. The van der Waals surface area contributed by atoms with E-state index in [1.165, 1.54) is 0 Å². The van der Waals surface area contributed by atoms with Gasteiger partial charge in [-0.25, -0.2) is 9.97 Å². The Morgan fingerprint density at radius 3 is 2.52 bits per heavy atom. The molecule has 1 heterocycles. The van der Waals surface area contributed by atoms with E-state index in [9.17, 15) is 4.79 Å². The Hall–Kier alpha value is -2.63. The molecule has 126 valence electrons. The summed E-state index contributed by atoms with van der Waals surface area (Å²) < 4.78 is 0. The molecule has 0 unspecified atom stereocenters. The minimum atomic E-state index is -0.462. The third-order valence-corrected chi connectivity index (χ3v) is 4.16. The number of rotatable bonds is 5. The van der Waals surface area contributed by atoms with Gasteiger partial charge in [0.05, 0.1) is 5.69 Å². The summed E-state index contributed by atoms with van der Waals surface area (Å²) >= 11 is 12.1. The fourth-order valence-electron chi connectivity index (χ4n) is 2.25. The predicted molar refractivity (Wildman–Crippen MR) is 99.8 cm³/mol. The van der Waals surface area contributed by atoms with E-state index in [1.807, 2.05) is 6.07 Å². The van der Waals surface area contributed by atoms with E-state index >= 15 is 0 Å². The van der Waals surface area contributed by atoms with Gasteiger partial charge in [0.25, 0.3) is 0 Å². The summed E-state index contributed by atoms with van der Waals surface area (Å²) in [5, 5.41) is 4.31. The van der Waals surface area contributed by atoms with Crippen molar-refractivity contribution in [2.75, 3.05) is 5.32 Å². The minimum absolute atomic E-state index is 0.452. The smallest absolute Gasteiger partial charge is 0.248 e. The molecule has 0 bridgehead atoms. The van der Waals surface area contributed by atoms with Gasteiger partial charge in [0.1, 0.15) is 0 Å². The lowest BCUT2D eigenvalue weighted by Crippen LogP contribution is -2.10. The van der Waals surface area contributed by atoms with Gasteiger partial charge in [0, 0.05) is 33.9 Å². The Morgan fingerprint density at radius 2 is 1.84 bits per heavy atom. The van der Waals surface area contributed by atoms with E-state index < -0.39 is 5.91 Å². The van der Waals surface area contributed by atoms with Crippen molar-refractivity contribution in [3.05, 3.63) is 75.9 Å². The molecule has 7 heteroatoms. The van der Waals surface area contributed by atoms with Crippen LogP contribution in [0.2, 0.25) is 10.0 Å². The molecule has 0 saturated heterocycles. The standard InChI is InChI=1S/C18H14Cl2N4O/c19-14-6-5-13(15(20)9-14)10-23-18-22-8-7-16(24-18)11-1-3-12(4-2-11)17(21)25/h1-9H,10H2,(H2,21,25)(H,22,23,24). The molecule has 0 atom stereocenters. The Kier molecular flexibility index (Phi) is 5.16. The van der Waals surface area contributed by atoms with Crippen molar-refractivity contribution in [3.63, 3.8) is 0 Å². The normalized spacial score (nSPS) is 10.5. The van der Waals surface area contributed by atoms with Crippen LogP contribution >= 0.6 is 23.2 Å². The van der Waals surface area contributed by atoms with E-state index in [0.717, 1.165) is 16.8 Å². The first kappa shape index (κ1) is 17.2. The van der Waals surface area contributed by atoms with Crippen LogP contribution in [-0.4, -0.2) is 15.9 Å². The van der Waals surface area contributed by atoms with Gasteiger partial charge in [0.2, 0.25) is 11.9 Å². The van der Waals surface area contributed by atoms with Crippen LogP contribution in [0.1, 0.15) is 15.9 Å². The van der Waals surface area contributed by atoms with Gasteiger partial charge in [-0.05, 0) is 35.9 Å². The Labute approximate surface area is 154 Å². The Balaban J connectivity index is 1.76. The van der Waals surface area contributed by atoms with Crippen LogP contribution in [0.25, 0.3) is 11.3 Å². The lowest BCUT2D eigenvalue weighted by Gasteiger charge is -2.08. The molecule has 25 heavy (non-hydrogen) atoms. The van der Waals surface area contributed by atoms with Crippen LogP contribution in [-0.2, 0) is 6.54 Å². The van der Waals surface area contributed by atoms with Crippen LogP contribution in [0.3, 0.4) is 0 Å². The molecule has 0 radical (unpaired) electrons. The third-order valence-electron chi connectivity index (χ3n) is 3.57. The molecule has 2 aromatic carbocycles. The van der Waals surface area contributed by atoms with Gasteiger partial charge < -0.3 is 11.1 Å². The zero-order valence-electron chi connectivity index (χ0n) is 13.0. The van der Waals surface area contributed by atoms with Crippen LogP contribution in [0.15, 0.2) is 54.7 Å². The number of nitrogens with zero attached hydrogens (tertiary/aromatic N) is 2. The first-order valence-electron chi connectivity index (χ1n) is 7.44. The van der Waals surface area contributed by atoms with Gasteiger partial charge >= 0.3 is 0 Å². The molecule has 3 aromatic rings. The van der Waals surface area contributed by atoms with Gasteiger partial charge in [-0.3, -0.25) is 4.79 Å². The fourth-order valence-corrected chi connectivity index (χ4v) is 2.72. The van der Waals surface area contributed by atoms with E-state index in [4.69, 9.17) is 28.9 Å². The Bertz CT molecular complexity index is 913. The second kappa shape index (κ2) is 7.51. The van der Waals surface area contributed by atoms with Crippen molar-refractivity contribution in [2.45, 2.75) is 6.54 Å². The number of anilines is 1. The zero-order valence-corrected chi connectivity index (χ0v) is 14.6. The number of hydrogen-bond acceptors (Lipinski definition) is 4. The molecule has 5 nitrogen and oxygen atoms in total. The molecule has 0 fully saturated rings. The lowest BCUT2D eigenvalue weighted by atomic mass is 10.1. The molecule has 0 aliphatic carbocycles. The maximum Gasteiger partial charge on any atom is 0.248 e. The summed E-state index contributed by atoms with van der Waals surface area (Å²) in [4.78, 5) is 19.8. The number of carbonyl (C=O) groups is 1. The quantitative estimate of drug-likeness (QED) is 0.704. The van der Waals surface area contributed by atoms with Crippen molar-refractivity contribution < 1.29 is 4.79 Å². The summed E-state index contributed by atoms with van der Waals surface area (Å²) in [5.41, 5.74) is 8.19. The number of hydrogen-bond donors (Lipinski definition) is 2. The Morgan fingerprint density at radius 1 is 1.08 bits per heavy atom. The maximum atomic E-state index is 11.1. The largest absolute Gasteiger partial charge is 0.366 e. The van der Waals surface area contributed by atoms with E-state index in [0.29, 0.717) is 28.1 Å². The van der Waals surface area contributed by atoms with Crippen molar-refractivity contribution in [1.82, 2.24) is 9.97 Å². The van der Waals surface area contributed by atoms with Gasteiger partial charge in [0.15, 0.2) is 0 Å². The third kappa shape index (κ3) is 4.26. The number of carbonyl (C=O) groups excluding carboxylic acids is 1. The van der Waals surface area contributed by atoms with Crippen molar-refractivity contribution >= 4 is 35.1 Å². The number of benzene rings is 2. The summed E-state index contributed by atoms with van der Waals surface area (Å²) in [6.07, 6.45) is 1.66. The molecule has 0 aliphatic heterocycles. The van der Waals surface area contributed by atoms with Crippen molar-refractivity contribution in [3.8, 4) is 11.3 Å². The lowest BCUT2D eigenvalue weighted by molar-refractivity contribution is 0.100. The van der Waals surface area contributed by atoms with Crippen LogP contribution < -0.4 is 11.1 Å². The second-order valence-electron chi connectivity index (χ2n) is 5.30. The van der Waals surface area contributed by atoms with E-state index in [2.05, 4.69) is 15.3 Å². The highest BCUT2D eigenvalue weighted by atomic mass is 35.5. The van der Waals surface area contributed by atoms with Gasteiger partial charge in [-0.1, -0.05) is 41.4 Å². The summed E-state index contributed by atoms with van der Waals surface area (Å²) in [6.45, 7) is 0.472. The topological polar surface area (TPSA) is 80.9 Å². The van der Waals surface area contributed by atoms with Crippen molar-refractivity contribution in [1.29, 1.82) is 0 Å². The van der Waals surface area contributed by atoms with E-state index in [1.54, 1.807) is 48.7 Å². The first-order valence-corrected chi connectivity index (χ1v) is 8.19. The number of aromatic nitrogens is 2. The maximum absolute atomic E-state index is 11.1. The van der Waals surface area contributed by atoms with Crippen LogP contribution in [0.4, 0.5) is 5.95 Å². The average molecular weight is 373 g/mol. The highest BCUT2D eigenvalue weighted by Gasteiger charge is 2.06. The zero-order chi connectivity index (χ0) is 17.8. The molecule has 0 spiro atoms. The highest BCUT2D eigenvalue weighted by Crippen LogP contribution is 2.22. The predicted octanol–water partition coefficient (Wildman–Crippen LogP) is 4.16. The van der Waals surface area contributed by atoms with Crippen molar-refractivity contribution in [2.24, 2.45) is 5.73 Å². The molecule has 1 amide bonds. The number of nitrogens with one attached hydrogen (secondary N) is 1. The monoisotopic (exact) mass is 372 g/mol.